The van der Waals surface area contributed by atoms with Gasteiger partial charge in [-0.15, -0.1) is 0 Å². The molecule has 0 spiro atoms. The third-order valence-corrected chi connectivity index (χ3v) is 1.85. The van der Waals surface area contributed by atoms with Gasteiger partial charge in [0.1, 0.15) is 6.07 Å². The second-order valence-corrected chi connectivity index (χ2v) is 3.21. The fraction of sp³-hybridized carbons (Fsp3) is 0. The van der Waals surface area contributed by atoms with E-state index in [2.05, 4.69) is 21.2 Å². The maximum absolute atomic E-state index is 10.5. The highest BCUT2D eigenvalue weighted by Crippen LogP contribution is 2.19. The van der Waals surface area contributed by atoms with Crippen LogP contribution in [0, 0.1) is 11.3 Å². The molecule has 3 N–H and O–H groups in total. The van der Waals surface area contributed by atoms with E-state index in [0.29, 0.717) is 11.3 Å². The highest BCUT2D eigenvalue weighted by molar-refractivity contribution is 9.10. The molecule has 0 unspecified atom stereocenters. The van der Waals surface area contributed by atoms with Crippen LogP contribution in [0.2, 0.25) is 0 Å². The molecule has 4 nitrogen and oxygen atoms in total. The van der Waals surface area contributed by atoms with Crippen LogP contribution in [0.5, 0.6) is 0 Å². The molecule has 1 aromatic rings. The van der Waals surface area contributed by atoms with Crippen molar-refractivity contribution in [1.29, 1.82) is 5.26 Å². The van der Waals surface area contributed by atoms with Crippen molar-refractivity contribution in [3.8, 4) is 6.07 Å². The number of rotatable bonds is 1. The second-order valence-electron chi connectivity index (χ2n) is 2.29. The Morgan fingerprint density at radius 3 is 2.85 bits per heavy atom. The fourth-order valence-corrected chi connectivity index (χ4v) is 1.21. The minimum atomic E-state index is -0.682. The molecule has 0 fully saturated rings. The zero-order chi connectivity index (χ0) is 9.84. The molecule has 0 aliphatic carbocycles. The number of amides is 2. The molecular weight excluding hydrogens is 234 g/mol. The Kier molecular flexibility index (Phi) is 2.88. The Morgan fingerprint density at radius 2 is 2.31 bits per heavy atom. The fourth-order valence-electron chi connectivity index (χ4n) is 0.851. The molecule has 1 rings (SSSR count). The van der Waals surface area contributed by atoms with E-state index in [1.54, 1.807) is 18.2 Å². The largest absolute Gasteiger partial charge is 0.351 e. The van der Waals surface area contributed by atoms with Gasteiger partial charge in [-0.05, 0) is 18.2 Å². The van der Waals surface area contributed by atoms with Gasteiger partial charge in [0, 0.05) is 4.47 Å². The van der Waals surface area contributed by atoms with Crippen LogP contribution in [0.15, 0.2) is 22.7 Å². The predicted octanol–water partition coefficient (Wildman–Crippen LogP) is 1.81. The number of benzene rings is 1. The maximum atomic E-state index is 10.5. The molecule has 0 aliphatic rings. The van der Waals surface area contributed by atoms with Crippen molar-refractivity contribution in [2.24, 2.45) is 5.73 Å². The number of hydrogen-bond acceptors (Lipinski definition) is 2. The molecule has 0 radical (unpaired) electrons. The lowest BCUT2D eigenvalue weighted by molar-refractivity contribution is 0.259. The lowest BCUT2D eigenvalue weighted by atomic mass is 10.2. The average molecular weight is 240 g/mol. The number of carbonyl (C=O) groups is 1. The summed E-state index contributed by atoms with van der Waals surface area (Å²) in [6.45, 7) is 0. The van der Waals surface area contributed by atoms with Crippen molar-refractivity contribution in [2.75, 3.05) is 5.32 Å². The molecule has 13 heavy (non-hydrogen) atoms. The van der Waals surface area contributed by atoms with Crippen LogP contribution < -0.4 is 11.1 Å². The van der Waals surface area contributed by atoms with Crippen LogP contribution in [-0.2, 0) is 0 Å². The smallest absolute Gasteiger partial charge is 0.316 e. The predicted molar refractivity (Wildman–Crippen MR) is 52.1 cm³/mol. The Morgan fingerprint density at radius 1 is 1.62 bits per heavy atom. The second kappa shape index (κ2) is 3.92. The quantitative estimate of drug-likeness (QED) is 0.784. The van der Waals surface area contributed by atoms with Crippen LogP contribution in [0.3, 0.4) is 0 Å². The minimum Gasteiger partial charge on any atom is -0.351 e. The number of nitrogens with zero attached hydrogens (tertiary/aromatic N) is 1. The van der Waals surface area contributed by atoms with Crippen molar-refractivity contribution < 1.29 is 4.79 Å². The summed E-state index contributed by atoms with van der Waals surface area (Å²) in [6.07, 6.45) is 0. The summed E-state index contributed by atoms with van der Waals surface area (Å²) in [4.78, 5) is 10.5. The van der Waals surface area contributed by atoms with Crippen LogP contribution in [0.1, 0.15) is 5.56 Å². The van der Waals surface area contributed by atoms with E-state index in [1.807, 2.05) is 6.07 Å². The number of carbonyl (C=O) groups excluding carboxylic acids is 1. The van der Waals surface area contributed by atoms with Gasteiger partial charge in [-0.3, -0.25) is 0 Å². The van der Waals surface area contributed by atoms with Gasteiger partial charge < -0.3 is 11.1 Å². The van der Waals surface area contributed by atoms with Gasteiger partial charge in [0.15, 0.2) is 0 Å². The summed E-state index contributed by atoms with van der Waals surface area (Å²) in [6, 6.07) is 6.18. The van der Waals surface area contributed by atoms with Gasteiger partial charge in [-0.2, -0.15) is 5.26 Å². The molecule has 0 aromatic heterocycles. The standard InChI is InChI=1S/C8H6BrN3O/c9-6-1-2-7(12-8(11)13)5(3-6)4-10/h1-3H,(H3,11,12,13). The third-order valence-electron chi connectivity index (χ3n) is 1.36. The summed E-state index contributed by atoms with van der Waals surface area (Å²) in [5, 5.41) is 11.0. The van der Waals surface area contributed by atoms with E-state index in [-0.39, 0.29) is 0 Å². The van der Waals surface area contributed by atoms with Crippen molar-refractivity contribution >= 4 is 27.6 Å². The number of nitrogens with one attached hydrogen (secondary N) is 1. The number of primary amides is 1. The number of anilines is 1. The molecule has 0 heterocycles. The molecule has 0 saturated heterocycles. The molecule has 1 aromatic carbocycles. The van der Waals surface area contributed by atoms with Gasteiger partial charge in [-0.1, -0.05) is 15.9 Å². The van der Waals surface area contributed by atoms with Crippen LogP contribution in [-0.4, -0.2) is 6.03 Å². The first-order chi connectivity index (χ1) is 6.13. The summed E-state index contributed by atoms with van der Waals surface area (Å²) in [5.74, 6) is 0. The zero-order valence-electron chi connectivity index (χ0n) is 6.54. The summed E-state index contributed by atoms with van der Waals surface area (Å²) in [5.41, 5.74) is 5.70. The molecule has 0 atom stereocenters. The van der Waals surface area contributed by atoms with Crippen molar-refractivity contribution in [2.45, 2.75) is 0 Å². The van der Waals surface area contributed by atoms with E-state index in [1.165, 1.54) is 0 Å². The highest BCUT2D eigenvalue weighted by atomic mass is 79.9. The third kappa shape index (κ3) is 2.46. The number of nitrogens with two attached hydrogens (primary N) is 1. The van der Waals surface area contributed by atoms with Crippen molar-refractivity contribution in [1.82, 2.24) is 0 Å². The van der Waals surface area contributed by atoms with Crippen LogP contribution in [0.4, 0.5) is 10.5 Å². The molecule has 66 valence electrons. The van der Waals surface area contributed by atoms with Gasteiger partial charge >= 0.3 is 6.03 Å². The Labute approximate surface area is 83.5 Å². The SMILES string of the molecule is N#Cc1cc(Br)ccc1NC(N)=O. The molecule has 2 amide bonds. The minimum absolute atomic E-state index is 0.369. The lowest BCUT2D eigenvalue weighted by Crippen LogP contribution is -2.19. The van der Waals surface area contributed by atoms with E-state index < -0.39 is 6.03 Å². The van der Waals surface area contributed by atoms with E-state index in [9.17, 15) is 4.79 Å². The number of halogens is 1. The first-order valence-corrected chi connectivity index (χ1v) is 4.19. The van der Waals surface area contributed by atoms with Crippen molar-refractivity contribution in [3.63, 3.8) is 0 Å². The Bertz CT molecular complexity index is 383. The van der Waals surface area contributed by atoms with Gasteiger partial charge in [0.05, 0.1) is 11.3 Å². The molecule has 0 bridgehead atoms. The first-order valence-electron chi connectivity index (χ1n) is 3.39. The Balaban J connectivity index is 3.08. The number of nitriles is 1. The van der Waals surface area contributed by atoms with Crippen LogP contribution in [0.25, 0.3) is 0 Å². The van der Waals surface area contributed by atoms with Crippen LogP contribution >= 0.6 is 15.9 Å². The first kappa shape index (κ1) is 9.55. The van der Waals surface area contributed by atoms with E-state index in [0.717, 1.165) is 4.47 Å². The maximum Gasteiger partial charge on any atom is 0.316 e. The van der Waals surface area contributed by atoms with Gasteiger partial charge in [0.2, 0.25) is 0 Å². The van der Waals surface area contributed by atoms with Crippen molar-refractivity contribution in [3.05, 3.63) is 28.2 Å². The lowest BCUT2D eigenvalue weighted by Gasteiger charge is -2.03. The molecule has 5 heteroatoms. The summed E-state index contributed by atoms with van der Waals surface area (Å²) >= 11 is 3.21. The van der Waals surface area contributed by atoms with Gasteiger partial charge in [0.25, 0.3) is 0 Å². The number of urea groups is 1. The Hall–Kier alpha value is -1.54. The monoisotopic (exact) mass is 239 g/mol. The topological polar surface area (TPSA) is 78.9 Å². The molecule has 0 saturated carbocycles. The number of hydrogen-bond donors (Lipinski definition) is 2. The highest BCUT2D eigenvalue weighted by Gasteiger charge is 2.03. The normalized spacial score (nSPS) is 8.92. The average Bonchev–Trinajstić information content (AvgIpc) is 2.07. The molecule has 0 aliphatic heterocycles. The van der Waals surface area contributed by atoms with E-state index >= 15 is 0 Å². The zero-order valence-corrected chi connectivity index (χ0v) is 8.13. The summed E-state index contributed by atoms with van der Waals surface area (Å²) in [7, 11) is 0. The van der Waals surface area contributed by atoms with Gasteiger partial charge in [-0.25, -0.2) is 4.79 Å². The summed E-state index contributed by atoms with van der Waals surface area (Å²) < 4.78 is 0.777. The molecular formula is C8H6BrN3O. The van der Waals surface area contributed by atoms with E-state index in [4.69, 9.17) is 11.0 Å².